The molecule has 17 heavy (non-hydrogen) atoms. The Bertz CT molecular complexity index is 428. The molecule has 0 spiro atoms. The van der Waals surface area contributed by atoms with Crippen LogP contribution in [0.1, 0.15) is 42.0 Å². The second-order valence-electron chi connectivity index (χ2n) is 4.90. The lowest BCUT2D eigenvalue weighted by Crippen LogP contribution is -2.41. The molecule has 1 unspecified atom stereocenters. The molecule has 0 bridgehead atoms. The van der Waals surface area contributed by atoms with Crippen molar-refractivity contribution in [3.8, 4) is 0 Å². The molecule has 1 fully saturated rings. The summed E-state index contributed by atoms with van der Waals surface area (Å²) in [6, 6.07) is 7.00. The molecule has 1 heterocycles. The minimum absolute atomic E-state index is 0.376. The third-order valence-corrected chi connectivity index (χ3v) is 3.81. The fraction of sp³-hybridized carbons (Fsp3) is 0.500. The molecule has 1 aliphatic rings. The smallest absolute Gasteiger partial charge is 0.166 e. The van der Waals surface area contributed by atoms with Gasteiger partial charge in [-0.1, -0.05) is 23.8 Å². The van der Waals surface area contributed by atoms with Crippen LogP contribution in [0.25, 0.3) is 0 Å². The maximum atomic E-state index is 5.84. The molecular formula is C14H20N2S. The van der Waals surface area contributed by atoms with E-state index < -0.39 is 0 Å². The number of benzene rings is 1. The number of hydrogen-bond donors (Lipinski definition) is 1. The van der Waals surface area contributed by atoms with Crippen LogP contribution in [0.2, 0.25) is 0 Å². The quantitative estimate of drug-likeness (QED) is 0.774. The topological polar surface area (TPSA) is 29.3 Å². The number of piperidine rings is 1. The maximum Gasteiger partial charge on any atom is 0.166 e. The normalized spacial score (nSPS) is 20.4. The molecule has 92 valence electrons. The van der Waals surface area contributed by atoms with Gasteiger partial charge in [-0.25, -0.2) is 0 Å². The Kier molecular flexibility index (Phi) is 3.67. The fourth-order valence-corrected chi connectivity index (χ4v) is 2.86. The summed E-state index contributed by atoms with van der Waals surface area (Å²) in [5.41, 5.74) is 9.87. The van der Waals surface area contributed by atoms with Crippen molar-refractivity contribution in [2.75, 3.05) is 6.54 Å². The SMILES string of the molecule is Cc1ccc(C)c(C2CCCCN2C(N)=S)c1. The van der Waals surface area contributed by atoms with Crippen LogP contribution < -0.4 is 5.73 Å². The van der Waals surface area contributed by atoms with Crippen LogP contribution in [-0.2, 0) is 0 Å². The van der Waals surface area contributed by atoms with Crippen LogP contribution in [0.3, 0.4) is 0 Å². The molecule has 0 aromatic heterocycles. The van der Waals surface area contributed by atoms with Crippen molar-refractivity contribution in [2.24, 2.45) is 5.73 Å². The van der Waals surface area contributed by atoms with Gasteiger partial charge in [-0.2, -0.15) is 0 Å². The standard InChI is InChI=1S/C14H20N2S/c1-10-6-7-11(2)12(9-10)13-5-3-4-8-16(13)14(15)17/h6-7,9,13H,3-5,8H2,1-2H3,(H2,15,17). The highest BCUT2D eigenvalue weighted by Crippen LogP contribution is 2.32. The van der Waals surface area contributed by atoms with E-state index in [9.17, 15) is 0 Å². The summed E-state index contributed by atoms with van der Waals surface area (Å²) in [4.78, 5) is 2.18. The van der Waals surface area contributed by atoms with Crippen molar-refractivity contribution >= 4 is 17.3 Å². The summed E-state index contributed by atoms with van der Waals surface area (Å²) < 4.78 is 0. The molecule has 1 aliphatic heterocycles. The zero-order valence-corrected chi connectivity index (χ0v) is 11.4. The first-order valence-electron chi connectivity index (χ1n) is 6.23. The van der Waals surface area contributed by atoms with Crippen molar-refractivity contribution in [3.05, 3.63) is 34.9 Å². The number of rotatable bonds is 1. The van der Waals surface area contributed by atoms with Crippen LogP contribution in [0.4, 0.5) is 0 Å². The van der Waals surface area contributed by atoms with Gasteiger partial charge in [0.25, 0.3) is 0 Å². The third-order valence-electron chi connectivity index (χ3n) is 3.58. The molecule has 0 amide bonds. The molecule has 1 saturated heterocycles. The first-order valence-corrected chi connectivity index (χ1v) is 6.63. The predicted octanol–water partition coefficient (Wildman–Crippen LogP) is 3.07. The van der Waals surface area contributed by atoms with Crippen LogP contribution >= 0.6 is 12.2 Å². The zero-order valence-electron chi connectivity index (χ0n) is 10.6. The third kappa shape index (κ3) is 2.60. The average Bonchev–Trinajstić information content (AvgIpc) is 2.32. The summed E-state index contributed by atoms with van der Waals surface area (Å²) in [5.74, 6) is 0. The Hall–Kier alpha value is -1.09. The van der Waals surface area contributed by atoms with Gasteiger partial charge in [0.1, 0.15) is 0 Å². The monoisotopic (exact) mass is 248 g/mol. The summed E-state index contributed by atoms with van der Waals surface area (Å²) >= 11 is 5.17. The molecule has 0 aliphatic carbocycles. The highest BCUT2D eigenvalue weighted by Gasteiger charge is 2.25. The van der Waals surface area contributed by atoms with Gasteiger partial charge in [-0.3, -0.25) is 0 Å². The van der Waals surface area contributed by atoms with Crippen LogP contribution in [0.15, 0.2) is 18.2 Å². The molecule has 1 aromatic carbocycles. The Morgan fingerprint density at radius 3 is 2.82 bits per heavy atom. The number of hydrogen-bond acceptors (Lipinski definition) is 1. The van der Waals surface area contributed by atoms with E-state index in [2.05, 4.69) is 36.9 Å². The molecule has 1 atom stereocenters. The zero-order chi connectivity index (χ0) is 12.4. The Morgan fingerprint density at radius 1 is 1.35 bits per heavy atom. The lowest BCUT2D eigenvalue weighted by Gasteiger charge is -2.37. The maximum absolute atomic E-state index is 5.84. The molecule has 2 N–H and O–H groups in total. The lowest BCUT2D eigenvalue weighted by atomic mass is 9.91. The van der Waals surface area contributed by atoms with Gasteiger partial charge in [0.05, 0.1) is 6.04 Å². The fourth-order valence-electron chi connectivity index (χ4n) is 2.64. The number of nitrogens with two attached hydrogens (primary N) is 1. The van der Waals surface area contributed by atoms with E-state index in [-0.39, 0.29) is 0 Å². The number of nitrogens with zero attached hydrogens (tertiary/aromatic N) is 1. The van der Waals surface area contributed by atoms with E-state index in [1.807, 2.05) is 0 Å². The highest BCUT2D eigenvalue weighted by molar-refractivity contribution is 7.80. The van der Waals surface area contributed by atoms with Crippen molar-refractivity contribution in [1.29, 1.82) is 0 Å². The summed E-state index contributed by atoms with van der Waals surface area (Å²) in [6.07, 6.45) is 3.61. The van der Waals surface area contributed by atoms with Gasteiger partial charge in [0.15, 0.2) is 5.11 Å². The van der Waals surface area contributed by atoms with E-state index in [0.29, 0.717) is 11.2 Å². The summed E-state index contributed by atoms with van der Waals surface area (Å²) in [5, 5.41) is 0.538. The molecule has 2 rings (SSSR count). The van der Waals surface area contributed by atoms with E-state index in [1.165, 1.54) is 29.5 Å². The van der Waals surface area contributed by atoms with Crippen molar-refractivity contribution in [2.45, 2.75) is 39.2 Å². The Balaban J connectivity index is 2.35. The van der Waals surface area contributed by atoms with Crippen molar-refractivity contribution < 1.29 is 0 Å². The first kappa shape index (κ1) is 12.4. The number of likely N-dealkylation sites (tertiary alicyclic amines) is 1. The van der Waals surface area contributed by atoms with E-state index in [0.717, 1.165) is 13.0 Å². The van der Waals surface area contributed by atoms with Gasteiger partial charge in [0.2, 0.25) is 0 Å². The van der Waals surface area contributed by atoms with E-state index in [1.54, 1.807) is 0 Å². The molecule has 2 nitrogen and oxygen atoms in total. The highest BCUT2D eigenvalue weighted by atomic mass is 32.1. The molecule has 0 saturated carbocycles. The Morgan fingerprint density at radius 2 is 2.12 bits per heavy atom. The number of aryl methyl sites for hydroxylation is 2. The molecule has 3 heteroatoms. The van der Waals surface area contributed by atoms with Gasteiger partial charge < -0.3 is 10.6 Å². The van der Waals surface area contributed by atoms with Gasteiger partial charge in [-0.15, -0.1) is 0 Å². The van der Waals surface area contributed by atoms with Gasteiger partial charge in [-0.05, 0) is 56.5 Å². The first-order chi connectivity index (χ1) is 8.09. The Labute approximate surface area is 109 Å². The summed E-state index contributed by atoms with van der Waals surface area (Å²) in [6.45, 7) is 5.30. The minimum Gasteiger partial charge on any atom is -0.376 e. The molecule has 1 aromatic rings. The predicted molar refractivity (Wildman–Crippen MR) is 76.0 cm³/mol. The van der Waals surface area contributed by atoms with Crippen LogP contribution in [0.5, 0.6) is 0 Å². The van der Waals surface area contributed by atoms with Crippen molar-refractivity contribution in [3.63, 3.8) is 0 Å². The molecular weight excluding hydrogens is 228 g/mol. The summed E-state index contributed by atoms with van der Waals surface area (Å²) in [7, 11) is 0. The van der Waals surface area contributed by atoms with Crippen molar-refractivity contribution in [1.82, 2.24) is 4.90 Å². The largest absolute Gasteiger partial charge is 0.376 e. The second kappa shape index (κ2) is 5.05. The van der Waals surface area contributed by atoms with Gasteiger partial charge in [0, 0.05) is 6.54 Å². The number of thiocarbonyl (C=S) groups is 1. The second-order valence-corrected chi connectivity index (χ2v) is 5.32. The molecule has 0 radical (unpaired) electrons. The minimum atomic E-state index is 0.376. The van der Waals surface area contributed by atoms with Crippen LogP contribution in [0, 0.1) is 13.8 Å². The average molecular weight is 248 g/mol. The van der Waals surface area contributed by atoms with E-state index >= 15 is 0 Å². The van der Waals surface area contributed by atoms with Crippen LogP contribution in [-0.4, -0.2) is 16.6 Å². The lowest BCUT2D eigenvalue weighted by molar-refractivity contribution is 0.246. The van der Waals surface area contributed by atoms with E-state index in [4.69, 9.17) is 18.0 Å². The van der Waals surface area contributed by atoms with Gasteiger partial charge >= 0.3 is 0 Å².